The summed E-state index contributed by atoms with van der Waals surface area (Å²) in [7, 11) is 0. The lowest BCUT2D eigenvalue weighted by Crippen LogP contribution is -2.36. The number of benzene rings is 2. The zero-order valence-corrected chi connectivity index (χ0v) is 13.5. The van der Waals surface area contributed by atoms with Gasteiger partial charge in [-0.1, -0.05) is 24.3 Å². The first kappa shape index (κ1) is 15.6. The highest BCUT2D eigenvalue weighted by atomic mass is 16.6. The van der Waals surface area contributed by atoms with Crippen molar-refractivity contribution in [1.29, 1.82) is 0 Å². The molecule has 0 aliphatic carbocycles. The van der Waals surface area contributed by atoms with Crippen LogP contribution >= 0.6 is 0 Å². The summed E-state index contributed by atoms with van der Waals surface area (Å²) in [4.78, 5) is 14.0. The van der Waals surface area contributed by atoms with Crippen LogP contribution in [-0.4, -0.2) is 35.1 Å². The number of hydrogen-bond acceptors (Lipinski definition) is 4. The van der Waals surface area contributed by atoms with Gasteiger partial charge in [0, 0.05) is 23.9 Å². The van der Waals surface area contributed by atoms with Crippen LogP contribution in [0, 0.1) is 0 Å². The number of carbonyl (C=O) groups is 1. The number of nitrogens with zero attached hydrogens (tertiary/aromatic N) is 1. The molecule has 2 N–H and O–H groups in total. The molecule has 1 heterocycles. The van der Waals surface area contributed by atoms with Crippen LogP contribution in [0.1, 0.15) is 32.3 Å². The van der Waals surface area contributed by atoms with Gasteiger partial charge in [0.1, 0.15) is 11.4 Å². The summed E-state index contributed by atoms with van der Waals surface area (Å²) in [6.45, 7) is 5.70. The molecule has 3 rings (SSSR count). The van der Waals surface area contributed by atoms with Gasteiger partial charge in [0.05, 0.1) is 12.3 Å². The maximum Gasteiger partial charge on any atom is 0.414 e. The van der Waals surface area contributed by atoms with Crippen molar-refractivity contribution in [2.24, 2.45) is 0 Å². The number of aromatic hydroxyl groups is 1. The minimum Gasteiger partial charge on any atom is -0.507 e. The fraction of sp³-hybridized carbons (Fsp3) is 0.389. The molecule has 122 valence electrons. The van der Waals surface area contributed by atoms with Gasteiger partial charge in [0.25, 0.3) is 0 Å². The minimum absolute atomic E-state index is 0.0684. The lowest BCUT2D eigenvalue weighted by molar-refractivity contribution is 0.0581. The molecule has 0 saturated heterocycles. The molecule has 0 saturated carbocycles. The van der Waals surface area contributed by atoms with Crippen LogP contribution in [0.25, 0.3) is 10.8 Å². The molecule has 1 aliphatic heterocycles. The first-order chi connectivity index (χ1) is 10.8. The van der Waals surface area contributed by atoms with E-state index < -0.39 is 11.7 Å². The molecule has 0 aromatic heterocycles. The average Bonchev–Trinajstić information content (AvgIpc) is 2.84. The van der Waals surface area contributed by atoms with Gasteiger partial charge in [0.15, 0.2) is 0 Å². The van der Waals surface area contributed by atoms with Crippen LogP contribution in [0.15, 0.2) is 30.3 Å². The number of phenolic OH excluding ortho intramolecular Hbond substituents is 1. The lowest BCUT2D eigenvalue weighted by Gasteiger charge is -2.25. The molecule has 5 nitrogen and oxygen atoms in total. The second-order valence-corrected chi connectivity index (χ2v) is 6.84. The third-order valence-electron chi connectivity index (χ3n) is 3.98. The topological polar surface area (TPSA) is 70.0 Å². The van der Waals surface area contributed by atoms with Crippen molar-refractivity contribution < 1.29 is 19.7 Å². The zero-order chi connectivity index (χ0) is 16.8. The number of carbonyl (C=O) groups excluding carboxylic acids is 1. The largest absolute Gasteiger partial charge is 0.507 e. The first-order valence-electron chi connectivity index (χ1n) is 7.68. The standard InChI is InChI=1S/C18H21NO4/c1-18(2,3)23-17(22)19-9-11(10-20)16-13-7-5-4-6-12(13)15(21)8-14(16)19/h4-8,11,20-21H,9-10H2,1-3H3. The highest BCUT2D eigenvalue weighted by Gasteiger charge is 2.36. The number of hydrogen-bond donors (Lipinski definition) is 2. The van der Waals surface area contributed by atoms with Crippen LogP contribution in [0.2, 0.25) is 0 Å². The van der Waals surface area contributed by atoms with E-state index in [4.69, 9.17) is 4.74 Å². The van der Waals surface area contributed by atoms with E-state index in [0.717, 1.165) is 16.3 Å². The number of rotatable bonds is 1. The van der Waals surface area contributed by atoms with Gasteiger partial charge >= 0.3 is 6.09 Å². The second kappa shape index (κ2) is 5.42. The van der Waals surface area contributed by atoms with E-state index in [9.17, 15) is 15.0 Å². The van der Waals surface area contributed by atoms with E-state index in [-0.39, 0.29) is 18.3 Å². The summed E-state index contributed by atoms with van der Waals surface area (Å²) in [6, 6.07) is 9.04. The van der Waals surface area contributed by atoms with Crippen LogP contribution < -0.4 is 4.90 Å². The molecule has 2 aromatic rings. The van der Waals surface area contributed by atoms with Crippen molar-refractivity contribution in [2.45, 2.75) is 32.3 Å². The van der Waals surface area contributed by atoms with Crippen LogP contribution in [0.5, 0.6) is 5.75 Å². The highest BCUT2D eigenvalue weighted by Crippen LogP contribution is 2.44. The van der Waals surface area contributed by atoms with E-state index in [0.29, 0.717) is 12.2 Å². The first-order valence-corrected chi connectivity index (χ1v) is 7.68. The van der Waals surface area contributed by atoms with Gasteiger partial charge in [-0.3, -0.25) is 4.90 Å². The number of ether oxygens (including phenoxy) is 1. The van der Waals surface area contributed by atoms with Crippen molar-refractivity contribution in [3.05, 3.63) is 35.9 Å². The Morgan fingerprint density at radius 2 is 1.96 bits per heavy atom. The molecule has 0 radical (unpaired) electrons. The van der Waals surface area contributed by atoms with Crippen molar-refractivity contribution >= 4 is 22.6 Å². The van der Waals surface area contributed by atoms with Crippen molar-refractivity contribution in [2.75, 3.05) is 18.1 Å². The molecule has 1 aliphatic rings. The van der Waals surface area contributed by atoms with E-state index >= 15 is 0 Å². The number of phenols is 1. The molecule has 5 heteroatoms. The summed E-state index contributed by atoms with van der Waals surface area (Å²) in [5.74, 6) is -0.0745. The normalized spacial score (nSPS) is 17.4. The third-order valence-corrected chi connectivity index (χ3v) is 3.98. The summed E-state index contributed by atoms with van der Waals surface area (Å²) in [6.07, 6.45) is -0.468. The quantitative estimate of drug-likeness (QED) is 0.846. The van der Waals surface area contributed by atoms with Gasteiger partial charge in [-0.2, -0.15) is 0 Å². The Morgan fingerprint density at radius 1 is 1.30 bits per heavy atom. The van der Waals surface area contributed by atoms with Gasteiger partial charge in [0.2, 0.25) is 0 Å². The second-order valence-electron chi connectivity index (χ2n) is 6.84. The summed E-state index contributed by atoms with van der Waals surface area (Å²) in [5.41, 5.74) is 0.884. The Balaban J connectivity index is 2.13. The van der Waals surface area contributed by atoms with Crippen molar-refractivity contribution in [1.82, 2.24) is 0 Å². The maximum atomic E-state index is 12.5. The Bertz CT molecular complexity index is 763. The molecule has 0 spiro atoms. The number of amides is 1. The summed E-state index contributed by atoms with van der Waals surface area (Å²) >= 11 is 0. The monoisotopic (exact) mass is 315 g/mol. The van der Waals surface area contributed by atoms with Crippen molar-refractivity contribution in [3.8, 4) is 5.75 Å². The molecule has 1 amide bonds. The minimum atomic E-state index is -0.604. The molecule has 2 aromatic carbocycles. The zero-order valence-electron chi connectivity index (χ0n) is 13.5. The van der Waals surface area contributed by atoms with Crippen LogP contribution in [0.4, 0.5) is 10.5 Å². The van der Waals surface area contributed by atoms with E-state index in [1.165, 1.54) is 4.90 Å². The van der Waals surface area contributed by atoms with Crippen LogP contribution in [-0.2, 0) is 4.74 Å². The van der Waals surface area contributed by atoms with Gasteiger partial charge in [-0.25, -0.2) is 4.79 Å². The Hall–Kier alpha value is -2.27. The molecule has 0 bridgehead atoms. The predicted molar refractivity (Wildman–Crippen MR) is 89.0 cm³/mol. The molecule has 23 heavy (non-hydrogen) atoms. The number of fused-ring (bicyclic) bond motifs is 3. The lowest BCUT2D eigenvalue weighted by atomic mass is 9.95. The van der Waals surface area contributed by atoms with Crippen LogP contribution in [0.3, 0.4) is 0 Å². The van der Waals surface area contributed by atoms with Gasteiger partial charge in [-0.05, 0) is 31.7 Å². The molecule has 1 unspecified atom stereocenters. The smallest absolute Gasteiger partial charge is 0.414 e. The fourth-order valence-corrected chi connectivity index (χ4v) is 3.07. The number of aliphatic hydroxyl groups is 1. The Morgan fingerprint density at radius 3 is 2.57 bits per heavy atom. The van der Waals surface area contributed by atoms with E-state index in [2.05, 4.69) is 0 Å². The fourth-order valence-electron chi connectivity index (χ4n) is 3.07. The highest BCUT2D eigenvalue weighted by molar-refractivity contribution is 6.01. The van der Waals surface area contributed by atoms with Gasteiger partial charge in [-0.15, -0.1) is 0 Å². The summed E-state index contributed by atoms with van der Waals surface area (Å²) in [5, 5.41) is 21.6. The van der Waals surface area contributed by atoms with Gasteiger partial charge < -0.3 is 14.9 Å². The molecular formula is C18H21NO4. The SMILES string of the molecule is CC(C)(C)OC(=O)N1CC(CO)c2c1cc(O)c1ccccc21. The Labute approximate surface area is 135 Å². The molecule has 1 atom stereocenters. The van der Waals surface area contributed by atoms with E-state index in [1.807, 2.05) is 45.0 Å². The molecular weight excluding hydrogens is 294 g/mol. The predicted octanol–water partition coefficient (Wildman–Crippen LogP) is 3.38. The maximum absolute atomic E-state index is 12.5. The molecule has 0 fully saturated rings. The van der Waals surface area contributed by atoms with E-state index in [1.54, 1.807) is 6.07 Å². The van der Waals surface area contributed by atoms with Crippen molar-refractivity contribution in [3.63, 3.8) is 0 Å². The number of anilines is 1. The Kier molecular flexibility index (Phi) is 3.68. The average molecular weight is 315 g/mol. The number of aliphatic hydroxyl groups excluding tert-OH is 1. The summed E-state index contributed by atoms with van der Waals surface area (Å²) < 4.78 is 5.45. The third kappa shape index (κ3) is 2.72.